The number of rotatable bonds is 2. The van der Waals surface area contributed by atoms with E-state index in [0.717, 1.165) is 17.9 Å². The van der Waals surface area contributed by atoms with E-state index in [1.165, 1.54) is 0 Å². The minimum Gasteiger partial charge on any atom is -0.361 e. The molecule has 0 aromatic carbocycles. The summed E-state index contributed by atoms with van der Waals surface area (Å²) in [5.41, 5.74) is 0.968. The van der Waals surface area contributed by atoms with E-state index in [1.54, 1.807) is 0 Å². The summed E-state index contributed by atoms with van der Waals surface area (Å²) in [6.07, 6.45) is 1.11. The molecular formula is C8H13NO. The molecule has 0 unspecified atom stereocenters. The van der Waals surface area contributed by atoms with Gasteiger partial charge in [-0.2, -0.15) is 0 Å². The third-order valence-electron chi connectivity index (χ3n) is 1.74. The predicted octanol–water partition coefficient (Wildman–Crippen LogP) is 2.50. The van der Waals surface area contributed by atoms with Crippen molar-refractivity contribution >= 4 is 0 Å². The summed E-state index contributed by atoms with van der Waals surface area (Å²) in [4.78, 5) is 0. The lowest BCUT2D eigenvalue weighted by molar-refractivity contribution is 0.360. The van der Waals surface area contributed by atoms with Gasteiger partial charge in [0.2, 0.25) is 0 Å². The summed E-state index contributed by atoms with van der Waals surface area (Å²) in [6.45, 7) is 6.22. The van der Waals surface area contributed by atoms with Crippen LogP contribution in [0.4, 0.5) is 0 Å². The molecule has 1 rings (SSSR count). The third-order valence-corrected chi connectivity index (χ3v) is 1.74. The van der Waals surface area contributed by atoms with E-state index in [9.17, 15) is 0 Å². The Morgan fingerprint density at radius 2 is 2.40 bits per heavy atom. The van der Waals surface area contributed by atoms with Crippen LogP contribution in [0.1, 0.15) is 37.6 Å². The Balaban J connectivity index is 2.74. The van der Waals surface area contributed by atoms with Crippen LogP contribution in [0.15, 0.2) is 10.6 Å². The topological polar surface area (TPSA) is 26.0 Å². The van der Waals surface area contributed by atoms with Crippen LogP contribution in [0.3, 0.4) is 0 Å². The highest BCUT2D eigenvalue weighted by molar-refractivity contribution is 5.06. The standard InChI is InChI=1S/C8H13NO/c1-4-6(2)8-5-7(3)9-10-8/h5-6H,4H2,1-3H3/t6-/m0/s1. The zero-order valence-corrected chi connectivity index (χ0v) is 6.72. The monoisotopic (exact) mass is 139 g/mol. The maximum atomic E-state index is 5.07. The maximum Gasteiger partial charge on any atom is 0.139 e. The van der Waals surface area contributed by atoms with Crippen molar-refractivity contribution in [2.45, 2.75) is 33.1 Å². The molecule has 2 heteroatoms. The molecule has 0 saturated carbocycles. The Labute approximate surface area is 61.2 Å². The highest BCUT2D eigenvalue weighted by Gasteiger charge is 2.07. The highest BCUT2D eigenvalue weighted by atomic mass is 16.5. The molecular weight excluding hydrogens is 126 g/mol. The van der Waals surface area contributed by atoms with E-state index in [-0.39, 0.29) is 0 Å². The van der Waals surface area contributed by atoms with Crippen LogP contribution in [-0.4, -0.2) is 5.16 Å². The van der Waals surface area contributed by atoms with Crippen LogP contribution in [0.25, 0.3) is 0 Å². The van der Waals surface area contributed by atoms with E-state index < -0.39 is 0 Å². The van der Waals surface area contributed by atoms with Gasteiger partial charge in [-0.1, -0.05) is 19.0 Å². The van der Waals surface area contributed by atoms with Crippen molar-refractivity contribution in [2.75, 3.05) is 0 Å². The van der Waals surface area contributed by atoms with E-state index >= 15 is 0 Å². The molecule has 0 bridgehead atoms. The number of nitrogens with zero attached hydrogens (tertiary/aromatic N) is 1. The Bertz CT molecular complexity index is 205. The molecule has 1 aromatic rings. The SMILES string of the molecule is CC[C@H](C)c1cc(C)no1. The van der Waals surface area contributed by atoms with Crippen LogP contribution < -0.4 is 0 Å². The lowest BCUT2D eigenvalue weighted by Crippen LogP contribution is -1.86. The summed E-state index contributed by atoms with van der Waals surface area (Å²) >= 11 is 0. The third kappa shape index (κ3) is 1.38. The summed E-state index contributed by atoms with van der Waals surface area (Å²) in [6, 6.07) is 1.99. The van der Waals surface area contributed by atoms with E-state index in [2.05, 4.69) is 19.0 Å². The van der Waals surface area contributed by atoms with Crippen LogP contribution in [-0.2, 0) is 0 Å². The fraction of sp³-hybridized carbons (Fsp3) is 0.625. The lowest BCUT2D eigenvalue weighted by Gasteiger charge is -1.99. The van der Waals surface area contributed by atoms with Crippen molar-refractivity contribution in [1.82, 2.24) is 5.16 Å². The molecule has 2 nitrogen and oxygen atoms in total. The number of hydrogen-bond acceptors (Lipinski definition) is 2. The minimum atomic E-state index is 0.501. The van der Waals surface area contributed by atoms with Gasteiger partial charge in [-0.05, 0) is 13.3 Å². The molecule has 0 aliphatic rings. The van der Waals surface area contributed by atoms with Gasteiger partial charge in [-0.3, -0.25) is 0 Å². The molecule has 0 amide bonds. The normalized spacial score (nSPS) is 13.5. The fourth-order valence-corrected chi connectivity index (χ4v) is 0.817. The number of aromatic nitrogens is 1. The average Bonchev–Trinajstić information content (AvgIpc) is 2.34. The van der Waals surface area contributed by atoms with Gasteiger partial charge >= 0.3 is 0 Å². The molecule has 0 saturated heterocycles. The number of hydrogen-bond donors (Lipinski definition) is 0. The molecule has 1 heterocycles. The van der Waals surface area contributed by atoms with E-state index in [0.29, 0.717) is 5.92 Å². The molecule has 0 N–H and O–H groups in total. The Hall–Kier alpha value is -0.790. The smallest absolute Gasteiger partial charge is 0.139 e. The van der Waals surface area contributed by atoms with E-state index in [1.807, 2.05) is 13.0 Å². The van der Waals surface area contributed by atoms with Gasteiger partial charge in [0.25, 0.3) is 0 Å². The largest absolute Gasteiger partial charge is 0.361 e. The second kappa shape index (κ2) is 2.86. The van der Waals surface area contributed by atoms with Crippen LogP contribution in [0.5, 0.6) is 0 Å². The maximum absolute atomic E-state index is 5.07. The van der Waals surface area contributed by atoms with Gasteiger partial charge in [0.05, 0.1) is 5.69 Å². The van der Waals surface area contributed by atoms with Crippen molar-refractivity contribution in [3.05, 3.63) is 17.5 Å². The second-order valence-electron chi connectivity index (χ2n) is 2.68. The summed E-state index contributed by atoms with van der Waals surface area (Å²) in [7, 11) is 0. The quantitative estimate of drug-likeness (QED) is 0.629. The Morgan fingerprint density at radius 3 is 2.80 bits per heavy atom. The first-order valence-electron chi connectivity index (χ1n) is 3.67. The molecule has 0 aliphatic carbocycles. The molecule has 0 radical (unpaired) electrons. The van der Waals surface area contributed by atoms with Crippen molar-refractivity contribution in [3.63, 3.8) is 0 Å². The van der Waals surface area contributed by atoms with Gasteiger partial charge in [0.1, 0.15) is 5.76 Å². The molecule has 1 aromatic heterocycles. The van der Waals surface area contributed by atoms with Gasteiger partial charge in [-0.15, -0.1) is 0 Å². The predicted molar refractivity (Wildman–Crippen MR) is 39.9 cm³/mol. The molecule has 0 spiro atoms. The van der Waals surface area contributed by atoms with Gasteiger partial charge in [0, 0.05) is 12.0 Å². The molecule has 0 aliphatic heterocycles. The highest BCUT2D eigenvalue weighted by Crippen LogP contribution is 2.18. The Kier molecular flexibility index (Phi) is 2.10. The van der Waals surface area contributed by atoms with Crippen LogP contribution >= 0.6 is 0 Å². The first-order valence-corrected chi connectivity index (χ1v) is 3.67. The molecule has 1 atom stereocenters. The average molecular weight is 139 g/mol. The van der Waals surface area contributed by atoms with Crippen LogP contribution in [0, 0.1) is 6.92 Å². The minimum absolute atomic E-state index is 0.501. The fourth-order valence-electron chi connectivity index (χ4n) is 0.817. The molecule has 0 fully saturated rings. The van der Waals surface area contributed by atoms with Gasteiger partial charge in [0.15, 0.2) is 0 Å². The van der Waals surface area contributed by atoms with Gasteiger partial charge in [-0.25, -0.2) is 0 Å². The summed E-state index contributed by atoms with van der Waals surface area (Å²) in [5.74, 6) is 1.50. The summed E-state index contributed by atoms with van der Waals surface area (Å²) < 4.78 is 5.07. The lowest BCUT2D eigenvalue weighted by atomic mass is 10.1. The zero-order valence-electron chi connectivity index (χ0n) is 6.72. The molecule has 56 valence electrons. The first kappa shape index (κ1) is 7.32. The molecule has 10 heavy (non-hydrogen) atoms. The second-order valence-corrected chi connectivity index (χ2v) is 2.68. The van der Waals surface area contributed by atoms with Crippen molar-refractivity contribution in [3.8, 4) is 0 Å². The Morgan fingerprint density at radius 1 is 1.70 bits per heavy atom. The number of aryl methyl sites for hydroxylation is 1. The summed E-state index contributed by atoms with van der Waals surface area (Å²) in [5, 5.41) is 3.81. The zero-order chi connectivity index (χ0) is 7.56. The van der Waals surface area contributed by atoms with Crippen LogP contribution in [0.2, 0.25) is 0 Å². The van der Waals surface area contributed by atoms with Crippen molar-refractivity contribution < 1.29 is 4.52 Å². The first-order chi connectivity index (χ1) is 4.74. The van der Waals surface area contributed by atoms with E-state index in [4.69, 9.17) is 4.52 Å². The van der Waals surface area contributed by atoms with Crippen molar-refractivity contribution in [1.29, 1.82) is 0 Å². The van der Waals surface area contributed by atoms with Gasteiger partial charge < -0.3 is 4.52 Å². The van der Waals surface area contributed by atoms with Crippen molar-refractivity contribution in [2.24, 2.45) is 0 Å².